The van der Waals surface area contributed by atoms with Crippen molar-refractivity contribution < 1.29 is 18.7 Å². The Balaban J connectivity index is 2.12. The lowest BCUT2D eigenvalue weighted by Crippen LogP contribution is -2.09. The second-order valence-electron chi connectivity index (χ2n) is 5.84. The number of anilines is 1. The van der Waals surface area contributed by atoms with Crippen molar-refractivity contribution in [3.05, 3.63) is 58.9 Å². The number of nitrogens with zero attached hydrogens (tertiary/aromatic N) is 1. The van der Waals surface area contributed by atoms with Crippen LogP contribution in [0, 0.1) is 0 Å². The fourth-order valence-corrected chi connectivity index (χ4v) is 2.81. The van der Waals surface area contributed by atoms with Crippen LogP contribution in [0.25, 0.3) is 16.6 Å². The molecule has 1 heterocycles. The van der Waals surface area contributed by atoms with Crippen molar-refractivity contribution in [3.8, 4) is 17.2 Å². The van der Waals surface area contributed by atoms with Crippen molar-refractivity contribution in [3.63, 3.8) is 0 Å². The van der Waals surface area contributed by atoms with Crippen molar-refractivity contribution in [2.75, 3.05) is 25.7 Å². The predicted octanol–water partition coefficient (Wildman–Crippen LogP) is 3.31. The highest BCUT2D eigenvalue weighted by Crippen LogP contribution is 2.32. The highest BCUT2D eigenvalue weighted by Gasteiger charge is 2.12. The average molecular weight is 370 g/mol. The normalized spacial score (nSPS) is 10.6. The van der Waals surface area contributed by atoms with Gasteiger partial charge in [0, 0.05) is 42.0 Å². The maximum atomic E-state index is 12.4. The van der Waals surface area contributed by atoms with Crippen LogP contribution >= 0.6 is 0 Å². The number of benzene rings is 2. The van der Waals surface area contributed by atoms with E-state index in [0.29, 0.717) is 28.1 Å². The molecule has 0 unspecified atom stereocenters. The van der Waals surface area contributed by atoms with Crippen molar-refractivity contribution in [2.24, 2.45) is 0 Å². The fourth-order valence-electron chi connectivity index (χ4n) is 2.81. The first-order valence-corrected chi connectivity index (χ1v) is 8.33. The molecular weight excluding hydrogens is 351 g/mol. The molecule has 3 rings (SSSR count). The summed E-state index contributed by atoms with van der Waals surface area (Å²) in [7, 11) is 1.48. The number of hydrogen-bond acceptors (Lipinski definition) is 4. The van der Waals surface area contributed by atoms with E-state index in [4.69, 9.17) is 9.47 Å². The minimum absolute atomic E-state index is 0.118. The number of aromatic nitrogens is 1. The van der Waals surface area contributed by atoms with Crippen LogP contribution in [0.5, 0.6) is 11.5 Å². The summed E-state index contributed by atoms with van der Waals surface area (Å²) in [5, 5.41) is 3.14. The molecule has 0 aliphatic heterocycles. The van der Waals surface area contributed by atoms with Gasteiger partial charge in [-0.15, -0.1) is 0 Å². The third kappa shape index (κ3) is 3.92. The Morgan fingerprint density at radius 3 is 2.52 bits per heavy atom. The number of hydrogen-bond donors (Lipinski definition) is 1. The van der Waals surface area contributed by atoms with E-state index in [1.54, 1.807) is 30.5 Å². The summed E-state index contributed by atoms with van der Waals surface area (Å²) in [6.07, 6.45) is 1.67. The van der Waals surface area contributed by atoms with E-state index in [0.717, 1.165) is 5.69 Å². The van der Waals surface area contributed by atoms with Gasteiger partial charge < -0.3 is 19.4 Å². The molecule has 2 aromatic carbocycles. The maximum absolute atomic E-state index is 12.4. The Morgan fingerprint density at radius 1 is 1.15 bits per heavy atom. The van der Waals surface area contributed by atoms with E-state index in [1.807, 2.05) is 16.7 Å². The lowest BCUT2D eigenvalue weighted by molar-refractivity contribution is -0.114. The van der Waals surface area contributed by atoms with Crippen molar-refractivity contribution in [1.29, 1.82) is 0 Å². The second-order valence-corrected chi connectivity index (χ2v) is 5.84. The zero-order valence-electron chi connectivity index (χ0n) is 15.0. The zero-order chi connectivity index (χ0) is 19.4. The van der Waals surface area contributed by atoms with Crippen LogP contribution in [0.1, 0.15) is 6.92 Å². The van der Waals surface area contributed by atoms with Gasteiger partial charge in [0.2, 0.25) is 5.91 Å². The van der Waals surface area contributed by atoms with E-state index < -0.39 is 6.67 Å². The van der Waals surface area contributed by atoms with Crippen LogP contribution in [0.4, 0.5) is 10.1 Å². The summed E-state index contributed by atoms with van der Waals surface area (Å²) in [5.74, 6) is 0.575. The largest absolute Gasteiger partial charge is 0.493 e. The van der Waals surface area contributed by atoms with E-state index >= 15 is 0 Å². The molecule has 0 fully saturated rings. The molecule has 0 aliphatic rings. The third-order valence-corrected chi connectivity index (χ3v) is 3.98. The molecule has 1 aromatic heterocycles. The fraction of sp³-hybridized carbons (Fsp3) is 0.200. The molecule has 27 heavy (non-hydrogen) atoms. The van der Waals surface area contributed by atoms with Crippen molar-refractivity contribution in [2.45, 2.75) is 6.92 Å². The number of nitrogens with one attached hydrogen (secondary N) is 1. The first-order chi connectivity index (χ1) is 13.0. The van der Waals surface area contributed by atoms with Gasteiger partial charge >= 0.3 is 0 Å². The molecule has 0 bridgehead atoms. The first kappa shape index (κ1) is 18.4. The maximum Gasteiger partial charge on any atom is 0.221 e. The van der Waals surface area contributed by atoms with Crippen LogP contribution in [-0.2, 0) is 4.79 Å². The van der Waals surface area contributed by atoms with Crippen LogP contribution in [0.2, 0.25) is 0 Å². The lowest BCUT2D eigenvalue weighted by atomic mass is 10.1. The number of halogens is 1. The number of ether oxygens (including phenoxy) is 2. The van der Waals surface area contributed by atoms with Gasteiger partial charge in [-0.25, -0.2) is 4.39 Å². The number of methoxy groups -OCH3 is 1. The standard InChI is InChI=1S/C20H19FN2O4/c1-13(24)22-14-3-5-15(6-4-14)23-9-7-18(25)16-11-20(27-10-8-21)19(26-2)12-17(16)23/h3-7,9,11-12H,8,10H2,1-2H3,(H,22,24). The molecule has 0 saturated heterocycles. The molecule has 140 valence electrons. The van der Waals surface area contributed by atoms with Gasteiger partial charge in [-0.05, 0) is 30.3 Å². The molecule has 0 aliphatic carbocycles. The number of alkyl halides is 1. The molecule has 0 radical (unpaired) electrons. The van der Waals surface area contributed by atoms with Crippen LogP contribution in [0.3, 0.4) is 0 Å². The van der Waals surface area contributed by atoms with Gasteiger partial charge in [0.15, 0.2) is 16.9 Å². The second kappa shape index (κ2) is 7.90. The quantitative estimate of drug-likeness (QED) is 0.723. The van der Waals surface area contributed by atoms with Crippen molar-refractivity contribution in [1.82, 2.24) is 4.57 Å². The highest BCUT2D eigenvalue weighted by atomic mass is 19.1. The molecule has 6 nitrogen and oxygen atoms in total. The van der Waals surface area contributed by atoms with Crippen LogP contribution in [-0.4, -0.2) is 30.9 Å². The predicted molar refractivity (Wildman–Crippen MR) is 102 cm³/mol. The summed E-state index contributed by atoms with van der Waals surface area (Å²) in [4.78, 5) is 23.5. The van der Waals surface area contributed by atoms with Gasteiger partial charge in [0.05, 0.1) is 12.6 Å². The molecule has 3 aromatic rings. The summed E-state index contributed by atoms with van der Waals surface area (Å²) in [5.41, 5.74) is 1.92. The topological polar surface area (TPSA) is 69.6 Å². The highest BCUT2D eigenvalue weighted by molar-refractivity contribution is 5.89. The third-order valence-electron chi connectivity index (χ3n) is 3.98. The molecular formula is C20H19FN2O4. The summed E-state index contributed by atoms with van der Waals surface area (Å²) < 4.78 is 25.0. The number of rotatable bonds is 6. The number of fused-ring (bicyclic) bond motifs is 1. The smallest absolute Gasteiger partial charge is 0.221 e. The molecule has 7 heteroatoms. The minimum atomic E-state index is -0.638. The van der Waals surface area contributed by atoms with E-state index in [2.05, 4.69) is 5.32 Å². The molecule has 0 saturated carbocycles. The minimum Gasteiger partial charge on any atom is -0.493 e. The van der Waals surface area contributed by atoms with E-state index in [-0.39, 0.29) is 17.9 Å². The number of carbonyl (C=O) groups is 1. The van der Waals surface area contributed by atoms with Gasteiger partial charge in [-0.1, -0.05) is 0 Å². The Labute approximate surface area is 155 Å². The van der Waals surface area contributed by atoms with Crippen LogP contribution < -0.4 is 20.2 Å². The monoisotopic (exact) mass is 370 g/mol. The van der Waals surface area contributed by atoms with Gasteiger partial charge in [-0.2, -0.15) is 0 Å². The van der Waals surface area contributed by atoms with Crippen molar-refractivity contribution >= 4 is 22.5 Å². The lowest BCUT2D eigenvalue weighted by Gasteiger charge is -2.15. The molecule has 1 N–H and O–H groups in total. The first-order valence-electron chi connectivity index (χ1n) is 8.33. The Hall–Kier alpha value is -3.35. The number of pyridine rings is 1. The SMILES string of the molecule is COc1cc2c(cc1OCCF)c(=O)ccn2-c1ccc(NC(C)=O)cc1. The summed E-state index contributed by atoms with van der Waals surface area (Å²) >= 11 is 0. The Bertz CT molecular complexity index is 1030. The number of carbonyl (C=O) groups excluding carboxylic acids is 1. The van der Waals surface area contributed by atoms with Gasteiger partial charge in [0.25, 0.3) is 0 Å². The summed E-state index contributed by atoms with van der Waals surface area (Å²) in [6, 6.07) is 11.9. The van der Waals surface area contributed by atoms with E-state index in [9.17, 15) is 14.0 Å². The van der Waals surface area contributed by atoms with E-state index in [1.165, 1.54) is 20.1 Å². The number of amides is 1. The Kier molecular flexibility index (Phi) is 5.40. The molecule has 0 spiro atoms. The molecule has 1 amide bonds. The molecule has 0 atom stereocenters. The van der Waals surface area contributed by atoms with Crippen LogP contribution in [0.15, 0.2) is 53.5 Å². The average Bonchev–Trinajstić information content (AvgIpc) is 2.66. The van der Waals surface area contributed by atoms with Gasteiger partial charge in [0.1, 0.15) is 13.3 Å². The van der Waals surface area contributed by atoms with Gasteiger partial charge in [-0.3, -0.25) is 9.59 Å². The Morgan fingerprint density at radius 2 is 1.89 bits per heavy atom. The zero-order valence-corrected chi connectivity index (χ0v) is 15.0. The summed E-state index contributed by atoms with van der Waals surface area (Å²) in [6.45, 7) is 0.687.